The lowest BCUT2D eigenvalue weighted by atomic mass is 10.2. The van der Waals surface area contributed by atoms with Gasteiger partial charge in [0.25, 0.3) is 11.6 Å². The molecule has 0 bridgehead atoms. The van der Waals surface area contributed by atoms with E-state index in [4.69, 9.17) is 0 Å². The maximum Gasteiger partial charge on any atom is 0.270 e. The highest BCUT2D eigenvalue weighted by Crippen LogP contribution is 2.31. The molecular weight excluding hydrogens is 312 g/mol. The van der Waals surface area contributed by atoms with Crippen LogP contribution in [-0.2, 0) is 0 Å². The fourth-order valence-electron chi connectivity index (χ4n) is 3.14. The number of fused-ring (bicyclic) bond motifs is 1. The van der Waals surface area contributed by atoms with Gasteiger partial charge in [-0.1, -0.05) is 18.9 Å². The van der Waals surface area contributed by atoms with Crippen LogP contribution in [0.15, 0.2) is 36.9 Å². The van der Waals surface area contributed by atoms with Gasteiger partial charge >= 0.3 is 0 Å². The molecule has 0 saturated heterocycles. The molecule has 120 valence electrons. The highest BCUT2D eigenvalue weighted by Gasteiger charge is 2.27. The number of thiophene rings is 1. The molecule has 1 aromatic heterocycles. The van der Waals surface area contributed by atoms with Crippen molar-refractivity contribution in [1.29, 1.82) is 0 Å². The lowest BCUT2D eigenvalue weighted by molar-refractivity contribution is -0.384. The van der Waals surface area contributed by atoms with E-state index < -0.39 is 4.92 Å². The number of rotatable bonds is 5. The standard InChI is InChI=1S/C17H18N2O3S/c1-2-9-18(13-5-3-4-6-13)17(20)16-11-12-10-14(19(21)22)7-8-15(12)23-16/h2,7-8,10-11,13H,1,3-6,9H2. The van der Waals surface area contributed by atoms with Crippen LogP contribution in [0.25, 0.3) is 10.1 Å². The number of carbonyl (C=O) groups is 1. The fraction of sp³-hybridized carbons (Fsp3) is 0.353. The van der Waals surface area contributed by atoms with Gasteiger partial charge in [0.05, 0.1) is 9.80 Å². The van der Waals surface area contributed by atoms with E-state index in [1.807, 2.05) is 4.90 Å². The minimum atomic E-state index is -0.416. The molecule has 1 heterocycles. The average molecular weight is 330 g/mol. The number of benzene rings is 1. The number of nitro benzene ring substituents is 1. The lowest BCUT2D eigenvalue weighted by Crippen LogP contribution is -2.38. The van der Waals surface area contributed by atoms with Gasteiger partial charge in [0.1, 0.15) is 0 Å². The van der Waals surface area contributed by atoms with E-state index in [1.165, 1.54) is 23.5 Å². The van der Waals surface area contributed by atoms with E-state index in [2.05, 4.69) is 6.58 Å². The SMILES string of the molecule is C=CCN(C(=O)c1cc2cc([N+](=O)[O-])ccc2s1)C1CCCC1. The normalized spacial score (nSPS) is 15.0. The first kappa shape index (κ1) is 15.7. The molecule has 1 saturated carbocycles. The first-order valence-corrected chi connectivity index (χ1v) is 8.51. The molecule has 5 nitrogen and oxygen atoms in total. The summed E-state index contributed by atoms with van der Waals surface area (Å²) in [4.78, 5) is 25.8. The summed E-state index contributed by atoms with van der Waals surface area (Å²) in [5.41, 5.74) is 0.0491. The number of carbonyl (C=O) groups excluding carboxylic acids is 1. The molecule has 2 aromatic rings. The zero-order valence-electron chi connectivity index (χ0n) is 12.7. The third kappa shape index (κ3) is 3.12. The molecule has 0 unspecified atom stereocenters. The number of nitro groups is 1. The molecule has 1 amide bonds. The number of amides is 1. The first-order chi connectivity index (χ1) is 11.1. The third-order valence-electron chi connectivity index (χ3n) is 4.27. The van der Waals surface area contributed by atoms with Crippen LogP contribution in [0.5, 0.6) is 0 Å². The Labute approximate surface area is 138 Å². The van der Waals surface area contributed by atoms with Gasteiger partial charge in [0.2, 0.25) is 0 Å². The molecule has 1 fully saturated rings. The largest absolute Gasteiger partial charge is 0.331 e. The fourth-order valence-corrected chi connectivity index (χ4v) is 4.14. The summed E-state index contributed by atoms with van der Waals surface area (Å²) in [7, 11) is 0. The first-order valence-electron chi connectivity index (χ1n) is 7.70. The predicted molar refractivity (Wildman–Crippen MR) is 92.0 cm³/mol. The Morgan fingerprint density at radius 3 is 2.78 bits per heavy atom. The molecule has 23 heavy (non-hydrogen) atoms. The number of non-ortho nitro benzene ring substituents is 1. The quantitative estimate of drug-likeness (QED) is 0.464. The van der Waals surface area contributed by atoms with Crippen LogP contribution < -0.4 is 0 Å². The van der Waals surface area contributed by atoms with Crippen molar-refractivity contribution in [1.82, 2.24) is 4.90 Å². The van der Waals surface area contributed by atoms with Crippen LogP contribution in [-0.4, -0.2) is 28.3 Å². The van der Waals surface area contributed by atoms with E-state index in [-0.39, 0.29) is 17.6 Å². The molecular formula is C17H18N2O3S. The summed E-state index contributed by atoms with van der Waals surface area (Å²) < 4.78 is 0.893. The van der Waals surface area contributed by atoms with E-state index in [0.29, 0.717) is 11.4 Å². The minimum Gasteiger partial charge on any atom is -0.331 e. The molecule has 0 aliphatic heterocycles. The Morgan fingerprint density at radius 1 is 1.39 bits per heavy atom. The summed E-state index contributed by atoms with van der Waals surface area (Å²) in [6.45, 7) is 4.30. The topological polar surface area (TPSA) is 63.5 Å². The van der Waals surface area contributed by atoms with Crippen molar-refractivity contribution in [2.45, 2.75) is 31.7 Å². The second-order valence-corrected chi connectivity index (χ2v) is 6.86. The van der Waals surface area contributed by atoms with Crippen molar-refractivity contribution < 1.29 is 9.72 Å². The summed E-state index contributed by atoms with van der Waals surface area (Å²) in [6, 6.07) is 6.75. The van der Waals surface area contributed by atoms with Crippen molar-refractivity contribution in [2.24, 2.45) is 0 Å². The van der Waals surface area contributed by atoms with Crippen LogP contribution in [0.4, 0.5) is 5.69 Å². The third-order valence-corrected chi connectivity index (χ3v) is 5.38. The van der Waals surface area contributed by atoms with Crippen molar-refractivity contribution in [2.75, 3.05) is 6.54 Å². The zero-order valence-corrected chi connectivity index (χ0v) is 13.6. The Bertz CT molecular complexity index is 762. The van der Waals surface area contributed by atoms with Gasteiger partial charge in [-0.15, -0.1) is 17.9 Å². The number of nitrogens with zero attached hydrogens (tertiary/aromatic N) is 2. The van der Waals surface area contributed by atoms with Gasteiger partial charge < -0.3 is 4.90 Å². The highest BCUT2D eigenvalue weighted by molar-refractivity contribution is 7.20. The molecule has 1 aliphatic rings. The van der Waals surface area contributed by atoms with Gasteiger partial charge in [-0.25, -0.2) is 0 Å². The van der Waals surface area contributed by atoms with Gasteiger partial charge in [-0.3, -0.25) is 14.9 Å². The second-order valence-electron chi connectivity index (χ2n) is 5.77. The van der Waals surface area contributed by atoms with Crippen LogP contribution >= 0.6 is 11.3 Å². The Balaban J connectivity index is 1.92. The van der Waals surface area contributed by atoms with Crippen LogP contribution in [0.1, 0.15) is 35.4 Å². The highest BCUT2D eigenvalue weighted by atomic mass is 32.1. The van der Waals surface area contributed by atoms with E-state index in [9.17, 15) is 14.9 Å². The van der Waals surface area contributed by atoms with Gasteiger partial charge in [-0.2, -0.15) is 0 Å². The second kappa shape index (κ2) is 6.50. The molecule has 1 aliphatic carbocycles. The maximum atomic E-state index is 12.9. The molecule has 3 rings (SSSR count). The Kier molecular flexibility index (Phi) is 4.43. The van der Waals surface area contributed by atoms with Crippen LogP contribution in [0.2, 0.25) is 0 Å². The smallest absolute Gasteiger partial charge is 0.270 e. The van der Waals surface area contributed by atoms with Crippen LogP contribution in [0, 0.1) is 10.1 Å². The lowest BCUT2D eigenvalue weighted by Gasteiger charge is -2.27. The van der Waals surface area contributed by atoms with Crippen molar-refractivity contribution in [3.63, 3.8) is 0 Å². The number of hydrogen-bond donors (Lipinski definition) is 0. The average Bonchev–Trinajstić information content (AvgIpc) is 3.20. The van der Waals surface area contributed by atoms with Crippen molar-refractivity contribution >= 4 is 33.0 Å². The monoisotopic (exact) mass is 330 g/mol. The molecule has 0 atom stereocenters. The van der Waals surface area contributed by atoms with Crippen LogP contribution in [0.3, 0.4) is 0 Å². The van der Waals surface area contributed by atoms with Crippen molar-refractivity contribution in [3.05, 3.63) is 51.9 Å². The Morgan fingerprint density at radius 2 is 2.13 bits per heavy atom. The molecule has 0 radical (unpaired) electrons. The summed E-state index contributed by atoms with van der Waals surface area (Å²) >= 11 is 1.39. The van der Waals surface area contributed by atoms with E-state index >= 15 is 0 Å². The Hall–Kier alpha value is -2.21. The summed E-state index contributed by atoms with van der Waals surface area (Å²) in [5.74, 6) is 0.000605. The van der Waals surface area contributed by atoms with Gasteiger partial charge in [-0.05, 0) is 25.0 Å². The van der Waals surface area contributed by atoms with E-state index in [0.717, 1.165) is 35.8 Å². The van der Waals surface area contributed by atoms with Gasteiger partial charge in [0, 0.05) is 34.8 Å². The molecule has 1 aromatic carbocycles. The van der Waals surface area contributed by atoms with Gasteiger partial charge in [0.15, 0.2) is 0 Å². The molecule has 0 N–H and O–H groups in total. The minimum absolute atomic E-state index is 0.000605. The maximum absolute atomic E-state index is 12.9. The summed E-state index contributed by atoms with van der Waals surface area (Å²) in [5, 5.41) is 11.6. The van der Waals surface area contributed by atoms with E-state index in [1.54, 1.807) is 18.2 Å². The summed E-state index contributed by atoms with van der Waals surface area (Å²) in [6.07, 6.45) is 6.15. The predicted octanol–water partition coefficient (Wildman–Crippen LogP) is 4.38. The molecule has 0 spiro atoms. The molecule has 6 heteroatoms. The van der Waals surface area contributed by atoms with Crippen molar-refractivity contribution in [3.8, 4) is 0 Å². The number of hydrogen-bond acceptors (Lipinski definition) is 4. The zero-order chi connectivity index (χ0) is 16.4.